The van der Waals surface area contributed by atoms with Crippen molar-refractivity contribution in [2.24, 2.45) is 0 Å². The number of aromatic nitrogens is 5. The standard InChI is InChI=1S/C28H23N5O3/c1-2-35-28(34)24-22-9-5-6-10-23(22)29-25(18-11-12-18)26(24)36-19-15-13-17(14-16-19)20-7-3-4-8-21(20)27-30-32-33-31-27/h3-10,13-16,18H,2,11-12H2,1H3,(H,30,31,32,33). The number of carbonyl (C=O) groups excluding carboxylic acids is 1. The Bertz CT molecular complexity index is 1540. The average molecular weight is 478 g/mol. The fourth-order valence-corrected chi connectivity index (χ4v) is 4.38. The van der Waals surface area contributed by atoms with Gasteiger partial charge in [-0.1, -0.05) is 54.6 Å². The molecular weight excluding hydrogens is 454 g/mol. The molecule has 1 saturated carbocycles. The van der Waals surface area contributed by atoms with Gasteiger partial charge in [-0.15, -0.1) is 10.2 Å². The SMILES string of the molecule is CCOC(=O)c1c(Oc2ccc(-c3ccccc3-c3nn[nH]n3)cc2)c(C2CC2)nc2ccccc12. The van der Waals surface area contributed by atoms with E-state index in [1.807, 2.05) is 72.8 Å². The second kappa shape index (κ2) is 9.22. The van der Waals surface area contributed by atoms with Gasteiger partial charge >= 0.3 is 5.97 Å². The van der Waals surface area contributed by atoms with Gasteiger partial charge in [0.2, 0.25) is 5.82 Å². The first-order valence-corrected chi connectivity index (χ1v) is 11.9. The van der Waals surface area contributed by atoms with E-state index in [1.165, 1.54) is 0 Å². The quantitative estimate of drug-likeness (QED) is 0.290. The lowest BCUT2D eigenvalue weighted by Gasteiger charge is -2.17. The third kappa shape index (κ3) is 4.07. The number of pyridine rings is 1. The van der Waals surface area contributed by atoms with Gasteiger partial charge in [-0.3, -0.25) is 0 Å². The van der Waals surface area contributed by atoms with E-state index in [-0.39, 0.29) is 12.5 Å². The Labute approximate surface area is 207 Å². The topological polar surface area (TPSA) is 103 Å². The molecule has 1 aliphatic rings. The maximum atomic E-state index is 13.1. The smallest absolute Gasteiger partial charge is 0.342 e. The number of carbonyl (C=O) groups is 1. The van der Waals surface area contributed by atoms with Crippen molar-refractivity contribution in [1.29, 1.82) is 0 Å². The van der Waals surface area contributed by atoms with Crippen molar-refractivity contribution in [3.63, 3.8) is 0 Å². The third-order valence-electron chi connectivity index (χ3n) is 6.22. The van der Waals surface area contributed by atoms with Crippen molar-refractivity contribution in [3.8, 4) is 34.0 Å². The summed E-state index contributed by atoms with van der Waals surface area (Å²) in [5, 5.41) is 15.1. The summed E-state index contributed by atoms with van der Waals surface area (Å²) in [4.78, 5) is 18.0. The minimum atomic E-state index is -0.404. The number of fused-ring (bicyclic) bond motifs is 1. The van der Waals surface area contributed by atoms with Crippen LogP contribution < -0.4 is 4.74 Å². The summed E-state index contributed by atoms with van der Waals surface area (Å²) in [6.45, 7) is 2.08. The van der Waals surface area contributed by atoms with Crippen LogP contribution in [-0.2, 0) is 4.74 Å². The Hall–Kier alpha value is -4.59. The van der Waals surface area contributed by atoms with Crippen molar-refractivity contribution in [1.82, 2.24) is 25.6 Å². The molecule has 8 heteroatoms. The van der Waals surface area contributed by atoms with E-state index in [1.54, 1.807) is 6.92 Å². The van der Waals surface area contributed by atoms with Gasteiger partial charge in [0.15, 0.2) is 5.75 Å². The number of hydrogen-bond donors (Lipinski definition) is 1. The molecule has 3 aromatic carbocycles. The van der Waals surface area contributed by atoms with Crippen LogP contribution in [-0.4, -0.2) is 38.2 Å². The van der Waals surface area contributed by atoms with Gasteiger partial charge in [0.05, 0.1) is 17.8 Å². The second-order valence-electron chi connectivity index (χ2n) is 8.62. The summed E-state index contributed by atoms with van der Waals surface area (Å²) in [6, 6.07) is 23.2. The molecule has 1 aliphatic carbocycles. The number of benzene rings is 3. The lowest BCUT2D eigenvalue weighted by Crippen LogP contribution is -2.10. The number of nitrogens with zero attached hydrogens (tertiary/aromatic N) is 4. The van der Waals surface area contributed by atoms with Gasteiger partial charge < -0.3 is 9.47 Å². The summed E-state index contributed by atoms with van der Waals surface area (Å²) >= 11 is 0. The minimum Gasteiger partial charge on any atom is -0.462 e. The van der Waals surface area contributed by atoms with Crippen LogP contribution in [0.3, 0.4) is 0 Å². The highest BCUT2D eigenvalue weighted by Gasteiger charge is 2.33. The van der Waals surface area contributed by atoms with Crippen LogP contribution in [0, 0.1) is 0 Å². The van der Waals surface area contributed by atoms with Crippen LogP contribution in [0.1, 0.15) is 41.7 Å². The van der Waals surface area contributed by atoms with Crippen LogP contribution >= 0.6 is 0 Å². The van der Waals surface area contributed by atoms with Crippen LogP contribution in [0.5, 0.6) is 11.5 Å². The number of hydrogen-bond acceptors (Lipinski definition) is 7. The molecule has 1 N–H and O–H groups in total. The Morgan fingerprint density at radius 2 is 1.72 bits per heavy atom. The number of esters is 1. The van der Waals surface area contributed by atoms with Gasteiger partial charge in [0.25, 0.3) is 0 Å². The predicted molar refractivity (Wildman–Crippen MR) is 135 cm³/mol. The Morgan fingerprint density at radius 1 is 0.972 bits per heavy atom. The molecule has 0 radical (unpaired) electrons. The predicted octanol–water partition coefficient (Wildman–Crippen LogP) is 5.93. The zero-order valence-corrected chi connectivity index (χ0v) is 19.6. The molecule has 36 heavy (non-hydrogen) atoms. The number of aromatic amines is 1. The number of tetrazole rings is 1. The first kappa shape index (κ1) is 21.9. The highest BCUT2D eigenvalue weighted by atomic mass is 16.5. The molecule has 0 aliphatic heterocycles. The Balaban J connectivity index is 1.41. The largest absolute Gasteiger partial charge is 0.462 e. The molecule has 178 valence electrons. The number of para-hydroxylation sites is 1. The van der Waals surface area contributed by atoms with Crippen molar-refractivity contribution < 1.29 is 14.3 Å². The molecule has 2 heterocycles. The molecule has 6 rings (SSSR count). The number of ether oxygens (including phenoxy) is 2. The summed E-state index contributed by atoms with van der Waals surface area (Å²) in [6.07, 6.45) is 2.05. The lowest BCUT2D eigenvalue weighted by molar-refractivity contribution is 0.0525. The highest BCUT2D eigenvalue weighted by Crippen LogP contribution is 2.47. The van der Waals surface area contributed by atoms with Crippen molar-refractivity contribution in [2.75, 3.05) is 6.61 Å². The molecule has 0 atom stereocenters. The van der Waals surface area contributed by atoms with E-state index < -0.39 is 5.97 Å². The fourth-order valence-electron chi connectivity index (χ4n) is 4.38. The molecule has 0 saturated heterocycles. The molecule has 0 bridgehead atoms. The van der Waals surface area contributed by atoms with Crippen LogP contribution in [0.4, 0.5) is 0 Å². The van der Waals surface area contributed by atoms with Crippen molar-refractivity contribution in [2.45, 2.75) is 25.7 Å². The van der Waals surface area contributed by atoms with E-state index in [2.05, 4.69) is 20.6 Å². The van der Waals surface area contributed by atoms with Gasteiger partial charge in [0, 0.05) is 16.9 Å². The second-order valence-corrected chi connectivity index (χ2v) is 8.62. The Kier molecular flexibility index (Phi) is 5.61. The summed E-state index contributed by atoms with van der Waals surface area (Å²) in [5.74, 6) is 1.49. The van der Waals surface area contributed by atoms with Gasteiger partial charge in [-0.25, -0.2) is 9.78 Å². The highest BCUT2D eigenvalue weighted by molar-refractivity contribution is 6.06. The van der Waals surface area contributed by atoms with Crippen LogP contribution in [0.15, 0.2) is 72.8 Å². The van der Waals surface area contributed by atoms with Crippen molar-refractivity contribution >= 4 is 16.9 Å². The lowest BCUT2D eigenvalue weighted by atomic mass is 9.99. The third-order valence-corrected chi connectivity index (χ3v) is 6.22. The molecule has 0 spiro atoms. The number of nitrogens with one attached hydrogen (secondary N) is 1. The zero-order valence-electron chi connectivity index (χ0n) is 19.6. The number of H-pyrrole nitrogens is 1. The molecule has 8 nitrogen and oxygen atoms in total. The first-order valence-electron chi connectivity index (χ1n) is 11.9. The monoisotopic (exact) mass is 477 g/mol. The van der Waals surface area contributed by atoms with Gasteiger partial charge in [-0.2, -0.15) is 5.21 Å². The molecule has 1 fully saturated rings. The first-order chi connectivity index (χ1) is 17.7. The van der Waals surface area contributed by atoms with Crippen LogP contribution in [0.25, 0.3) is 33.4 Å². The molecule has 2 aromatic heterocycles. The average Bonchev–Trinajstić information content (AvgIpc) is 3.61. The molecule has 0 unspecified atom stereocenters. The number of rotatable bonds is 7. The van der Waals surface area contributed by atoms with Gasteiger partial charge in [-0.05, 0) is 54.3 Å². The summed E-state index contributed by atoms with van der Waals surface area (Å²) in [7, 11) is 0. The van der Waals surface area contributed by atoms with Gasteiger partial charge in [0.1, 0.15) is 11.3 Å². The zero-order chi connectivity index (χ0) is 24.5. The van der Waals surface area contributed by atoms with E-state index in [0.717, 1.165) is 46.1 Å². The Morgan fingerprint density at radius 3 is 2.44 bits per heavy atom. The molecule has 0 amide bonds. The summed E-state index contributed by atoms with van der Waals surface area (Å²) in [5.41, 5.74) is 4.83. The minimum absolute atomic E-state index is 0.277. The normalized spacial score (nSPS) is 13.0. The van der Waals surface area contributed by atoms with E-state index in [9.17, 15) is 4.79 Å². The fraction of sp³-hybridized carbons (Fsp3) is 0.179. The maximum absolute atomic E-state index is 13.1. The van der Waals surface area contributed by atoms with Crippen molar-refractivity contribution in [3.05, 3.63) is 84.1 Å². The maximum Gasteiger partial charge on any atom is 0.342 e. The van der Waals surface area contributed by atoms with E-state index >= 15 is 0 Å². The van der Waals surface area contributed by atoms with E-state index in [4.69, 9.17) is 14.5 Å². The van der Waals surface area contributed by atoms with Crippen LogP contribution in [0.2, 0.25) is 0 Å². The van der Waals surface area contributed by atoms with E-state index in [0.29, 0.717) is 22.9 Å². The summed E-state index contributed by atoms with van der Waals surface area (Å²) < 4.78 is 11.8. The molecular formula is C28H23N5O3. The molecule has 5 aromatic rings.